The third kappa shape index (κ3) is 7.58. The molecule has 0 bridgehead atoms. The Morgan fingerprint density at radius 2 is 1.89 bits per heavy atom. The van der Waals surface area contributed by atoms with Crippen LogP contribution in [-0.4, -0.2) is 44.7 Å². The van der Waals surface area contributed by atoms with Gasteiger partial charge in [0, 0.05) is 18.8 Å². The SMILES string of the molecule is O=C(O)CCC/C=C\C[C@@H]1C(/C=C/C(O)CCc2ccccc2)[C@H](O)C[C@@H]1O. The minimum absolute atomic E-state index is 0.0942. The first kappa shape index (κ1) is 22.3. The van der Waals surface area contributed by atoms with Crippen molar-refractivity contribution in [1.82, 2.24) is 0 Å². The summed E-state index contributed by atoms with van der Waals surface area (Å²) in [5.41, 5.74) is 1.18. The second kappa shape index (κ2) is 11.8. The number of aliphatic hydroxyl groups excluding tert-OH is 3. The average Bonchev–Trinajstić information content (AvgIpc) is 2.94. The second-order valence-corrected chi connectivity index (χ2v) is 7.58. The van der Waals surface area contributed by atoms with Crippen LogP contribution in [0.15, 0.2) is 54.6 Å². The Bertz CT molecular complexity index is 640. The maximum Gasteiger partial charge on any atom is 0.303 e. The van der Waals surface area contributed by atoms with Gasteiger partial charge in [-0.05, 0) is 43.6 Å². The number of hydrogen-bond acceptors (Lipinski definition) is 4. The zero-order chi connectivity index (χ0) is 20.4. The van der Waals surface area contributed by atoms with E-state index in [0.717, 1.165) is 6.42 Å². The maximum absolute atomic E-state index is 10.5. The highest BCUT2D eigenvalue weighted by molar-refractivity contribution is 5.66. The van der Waals surface area contributed by atoms with E-state index in [1.165, 1.54) is 5.56 Å². The summed E-state index contributed by atoms with van der Waals surface area (Å²) in [6.45, 7) is 0. The Morgan fingerprint density at radius 1 is 1.14 bits per heavy atom. The first-order valence-electron chi connectivity index (χ1n) is 10.1. The highest BCUT2D eigenvalue weighted by Crippen LogP contribution is 2.36. The standard InChI is InChI=1S/C23H32O5/c24-18(13-12-17-8-4-3-5-9-17)14-15-20-19(21(25)16-22(20)26)10-6-1-2-7-11-23(27)28/h1,3-6,8-9,14-15,18-22,24-26H,2,7,10-13,16H2,(H,27,28)/b6-1-,15-14+/t18?,19-,20?,21+,22-/m1/s1. The Morgan fingerprint density at radius 3 is 2.61 bits per heavy atom. The lowest BCUT2D eigenvalue weighted by atomic mass is 9.89. The van der Waals surface area contributed by atoms with Crippen LogP contribution in [0.2, 0.25) is 0 Å². The number of carboxylic acid groups (broad SMARTS) is 1. The molecule has 5 nitrogen and oxygen atoms in total. The Hall–Kier alpha value is -1.95. The molecule has 0 spiro atoms. The first-order valence-corrected chi connectivity index (χ1v) is 10.1. The van der Waals surface area contributed by atoms with Crippen LogP contribution >= 0.6 is 0 Å². The van der Waals surface area contributed by atoms with E-state index < -0.39 is 24.3 Å². The molecule has 0 amide bonds. The van der Waals surface area contributed by atoms with Gasteiger partial charge in [-0.2, -0.15) is 0 Å². The van der Waals surface area contributed by atoms with Crippen LogP contribution < -0.4 is 0 Å². The Kier molecular flexibility index (Phi) is 9.41. The van der Waals surface area contributed by atoms with E-state index in [2.05, 4.69) is 0 Å². The molecule has 1 fully saturated rings. The summed E-state index contributed by atoms with van der Waals surface area (Å²) < 4.78 is 0. The van der Waals surface area contributed by atoms with Crippen molar-refractivity contribution in [1.29, 1.82) is 0 Å². The van der Waals surface area contributed by atoms with Gasteiger partial charge in [-0.1, -0.05) is 54.6 Å². The lowest BCUT2D eigenvalue weighted by Crippen LogP contribution is -2.20. The number of aliphatic carboxylic acids is 1. The van der Waals surface area contributed by atoms with Crippen LogP contribution in [0.5, 0.6) is 0 Å². The van der Waals surface area contributed by atoms with Crippen molar-refractivity contribution in [2.45, 2.75) is 63.3 Å². The molecule has 0 saturated heterocycles. The monoisotopic (exact) mass is 388 g/mol. The molecule has 4 N–H and O–H groups in total. The van der Waals surface area contributed by atoms with E-state index in [1.54, 1.807) is 6.08 Å². The van der Waals surface area contributed by atoms with Crippen molar-refractivity contribution < 1.29 is 25.2 Å². The van der Waals surface area contributed by atoms with E-state index in [0.29, 0.717) is 32.1 Å². The smallest absolute Gasteiger partial charge is 0.303 e. The number of rotatable bonds is 11. The van der Waals surface area contributed by atoms with E-state index in [1.807, 2.05) is 48.6 Å². The minimum atomic E-state index is -0.793. The molecule has 0 aliphatic heterocycles. The fourth-order valence-corrected chi connectivity index (χ4v) is 3.76. The van der Waals surface area contributed by atoms with Crippen molar-refractivity contribution in [3.63, 3.8) is 0 Å². The summed E-state index contributed by atoms with van der Waals surface area (Å²) in [6.07, 6.45) is 9.51. The van der Waals surface area contributed by atoms with Crippen molar-refractivity contribution in [2.24, 2.45) is 11.8 Å². The van der Waals surface area contributed by atoms with Gasteiger partial charge in [0.25, 0.3) is 0 Å². The van der Waals surface area contributed by atoms with Crippen LogP contribution in [0, 0.1) is 11.8 Å². The molecule has 1 aliphatic rings. The molecule has 2 unspecified atom stereocenters. The topological polar surface area (TPSA) is 98.0 Å². The molecule has 0 heterocycles. The summed E-state index contributed by atoms with van der Waals surface area (Å²) in [5.74, 6) is -1.08. The minimum Gasteiger partial charge on any atom is -0.481 e. The molecule has 1 saturated carbocycles. The molecule has 0 radical (unpaired) electrons. The quantitative estimate of drug-likeness (QED) is 0.345. The molecule has 5 atom stereocenters. The first-order chi connectivity index (χ1) is 13.5. The Balaban J connectivity index is 1.82. The Labute approximate surface area is 167 Å². The molecular formula is C23H32O5. The lowest BCUT2D eigenvalue weighted by molar-refractivity contribution is -0.137. The zero-order valence-electron chi connectivity index (χ0n) is 16.2. The number of carbonyl (C=O) groups is 1. The largest absolute Gasteiger partial charge is 0.481 e. The highest BCUT2D eigenvalue weighted by atomic mass is 16.4. The fourth-order valence-electron chi connectivity index (χ4n) is 3.76. The van der Waals surface area contributed by atoms with E-state index in [4.69, 9.17) is 5.11 Å². The van der Waals surface area contributed by atoms with Gasteiger partial charge in [-0.15, -0.1) is 0 Å². The molecule has 1 aliphatic carbocycles. The molecule has 2 rings (SSSR count). The van der Waals surface area contributed by atoms with Crippen molar-refractivity contribution in [2.75, 3.05) is 0 Å². The molecule has 154 valence electrons. The van der Waals surface area contributed by atoms with Gasteiger partial charge in [0.15, 0.2) is 0 Å². The average molecular weight is 389 g/mol. The third-order valence-corrected chi connectivity index (χ3v) is 5.38. The number of carboxylic acids is 1. The van der Waals surface area contributed by atoms with E-state index in [9.17, 15) is 20.1 Å². The molecule has 1 aromatic carbocycles. The van der Waals surface area contributed by atoms with E-state index >= 15 is 0 Å². The van der Waals surface area contributed by atoms with Crippen LogP contribution in [0.1, 0.15) is 44.1 Å². The number of allylic oxidation sites excluding steroid dienone is 2. The summed E-state index contributed by atoms with van der Waals surface area (Å²) in [5, 5.41) is 39.4. The van der Waals surface area contributed by atoms with Gasteiger partial charge < -0.3 is 20.4 Å². The van der Waals surface area contributed by atoms with Crippen LogP contribution in [0.25, 0.3) is 0 Å². The highest BCUT2D eigenvalue weighted by Gasteiger charge is 2.39. The van der Waals surface area contributed by atoms with Crippen LogP contribution in [0.4, 0.5) is 0 Å². The normalized spacial score (nSPS) is 26.2. The summed E-state index contributed by atoms with van der Waals surface area (Å²) in [4.78, 5) is 10.5. The van der Waals surface area contributed by atoms with Crippen molar-refractivity contribution >= 4 is 5.97 Å². The number of aryl methyl sites for hydroxylation is 1. The summed E-state index contributed by atoms with van der Waals surface area (Å²) in [7, 11) is 0. The molecule has 1 aromatic rings. The van der Waals surface area contributed by atoms with Gasteiger partial charge in [0.05, 0.1) is 18.3 Å². The van der Waals surface area contributed by atoms with E-state index in [-0.39, 0.29) is 18.3 Å². The number of unbranched alkanes of at least 4 members (excludes halogenated alkanes) is 1. The molecule has 0 aromatic heterocycles. The third-order valence-electron chi connectivity index (χ3n) is 5.38. The van der Waals surface area contributed by atoms with Gasteiger partial charge in [0.2, 0.25) is 0 Å². The number of aliphatic hydroxyl groups is 3. The van der Waals surface area contributed by atoms with Gasteiger partial charge in [-0.25, -0.2) is 0 Å². The fraction of sp³-hybridized carbons (Fsp3) is 0.522. The number of hydrogen-bond donors (Lipinski definition) is 4. The van der Waals surface area contributed by atoms with Crippen LogP contribution in [0.3, 0.4) is 0 Å². The van der Waals surface area contributed by atoms with Crippen LogP contribution in [-0.2, 0) is 11.2 Å². The predicted octanol–water partition coefficient (Wildman–Crippen LogP) is 3.10. The molecule has 5 heteroatoms. The molecular weight excluding hydrogens is 356 g/mol. The lowest BCUT2D eigenvalue weighted by Gasteiger charge is -2.19. The second-order valence-electron chi connectivity index (χ2n) is 7.58. The van der Waals surface area contributed by atoms with Crippen molar-refractivity contribution in [3.8, 4) is 0 Å². The van der Waals surface area contributed by atoms with Gasteiger partial charge in [-0.3, -0.25) is 4.79 Å². The zero-order valence-corrected chi connectivity index (χ0v) is 16.2. The summed E-state index contributed by atoms with van der Waals surface area (Å²) in [6, 6.07) is 9.99. The maximum atomic E-state index is 10.5. The number of benzene rings is 1. The van der Waals surface area contributed by atoms with Crippen molar-refractivity contribution in [3.05, 3.63) is 60.2 Å². The van der Waals surface area contributed by atoms with Gasteiger partial charge >= 0.3 is 5.97 Å². The molecule has 28 heavy (non-hydrogen) atoms. The predicted molar refractivity (Wildman–Crippen MR) is 109 cm³/mol. The summed E-state index contributed by atoms with van der Waals surface area (Å²) >= 11 is 0. The van der Waals surface area contributed by atoms with Gasteiger partial charge in [0.1, 0.15) is 0 Å².